The molecular formula is C8H16O. The van der Waals surface area contributed by atoms with Crippen LogP contribution in [0.15, 0.2) is 12.2 Å². The second-order valence-electron chi connectivity index (χ2n) is 2.72. The zero-order chi connectivity index (χ0) is 7.28. The highest BCUT2D eigenvalue weighted by Gasteiger charge is 2.00. The average Bonchev–Trinajstić information content (AvgIpc) is 1.63. The summed E-state index contributed by atoms with van der Waals surface area (Å²) in [5, 5.41) is 9.13. The minimum Gasteiger partial charge on any atom is -0.389 e. The lowest BCUT2D eigenvalue weighted by molar-refractivity contribution is 0.195. The molecule has 0 rings (SSSR count). The van der Waals surface area contributed by atoms with E-state index in [0.717, 1.165) is 6.42 Å². The first-order valence-corrected chi connectivity index (χ1v) is 3.47. The van der Waals surface area contributed by atoms with Crippen LogP contribution in [0.4, 0.5) is 0 Å². The Kier molecular flexibility index (Phi) is 4.41. The molecule has 1 N–H and O–H groups in total. The Balaban J connectivity index is 3.38. The van der Waals surface area contributed by atoms with Crippen molar-refractivity contribution in [1.29, 1.82) is 0 Å². The molecule has 1 unspecified atom stereocenters. The highest BCUT2D eigenvalue weighted by molar-refractivity contribution is 4.85. The van der Waals surface area contributed by atoms with Gasteiger partial charge in [0.25, 0.3) is 0 Å². The zero-order valence-corrected chi connectivity index (χ0v) is 6.46. The largest absolute Gasteiger partial charge is 0.389 e. The van der Waals surface area contributed by atoms with Crippen LogP contribution in [-0.2, 0) is 0 Å². The third-order valence-corrected chi connectivity index (χ3v) is 1.13. The van der Waals surface area contributed by atoms with Crippen molar-refractivity contribution in [3.05, 3.63) is 12.2 Å². The van der Waals surface area contributed by atoms with E-state index in [1.807, 2.05) is 19.1 Å². The number of aliphatic hydroxyl groups excluding tert-OH is 1. The summed E-state index contributed by atoms with van der Waals surface area (Å²) in [6, 6.07) is 0. The minimum atomic E-state index is -0.241. The number of hydrogen-bond acceptors (Lipinski definition) is 1. The maximum atomic E-state index is 9.13. The molecule has 0 aliphatic rings. The van der Waals surface area contributed by atoms with Gasteiger partial charge in [-0.05, 0) is 19.3 Å². The molecule has 1 heteroatoms. The van der Waals surface area contributed by atoms with E-state index in [0.29, 0.717) is 5.92 Å². The Bertz CT molecular complexity index is 84.6. The van der Waals surface area contributed by atoms with E-state index in [-0.39, 0.29) is 6.10 Å². The summed E-state index contributed by atoms with van der Waals surface area (Å²) in [6.07, 6.45) is 4.33. The summed E-state index contributed by atoms with van der Waals surface area (Å²) in [4.78, 5) is 0. The molecule has 0 aliphatic carbocycles. The molecule has 0 aromatic carbocycles. The smallest absolute Gasteiger partial charge is 0.0723 e. The molecule has 0 spiro atoms. The van der Waals surface area contributed by atoms with Gasteiger partial charge in [-0.15, -0.1) is 0 Å². The van der Waals surface area contributed by atoms with Crippen molar-refractivity contribution >= 4 is 0 Å². The van der Waals surface area contributed by atoms with Gasteiger partial charge in [0, 0.05) is 0 Å². The van der Waals surface area contributed by atoms with Crippen molar-refractivity contribution in [3.8, 4) is 0 Å². The lowest BCUT2D eigenvalue weighted by Gasteiger charge is -2.06. The van der Waals surface area contributed by atoms with Crippen molar-refractivity contribution in [2.24, 2.45) is 5.92 Å². The second-order valence-corrected chi connectivity index (χ2v) is 2.72. The van der Waals surface area contributed by atoms with Crippen LogP contribution >= 0.6 is 0 Å². The maximum Gasteiger partial charge on any atom is 0.0723 e. The van der Waals surface area contributed by atoms with E-state index in [9.17, 15) is 0 Å². The molecule has 9 heavy (non-hydrogen) atoms. The topological polar surface area (TPSA) is 20.2 Å². The Morgan fingerprint density at radius 3 is 2.33 bits per heavy atom. The molecule has 0 fully saturated rings. The quantitative estimate of drug-likeness (QED) is 0.576. The predicted octanol–water partition coefficient (Wildman–Crippen LogP) is 1.97. The Morgan fingerprint density at radius 1 is 1.44 bits per heavy atom. The monoisotopic (exact) mass is 128 g/mol. The van der Waals surface area contributed by atoms with Crippen LogP contribution in [0.5, 0.6) is 0 Å². The highest BCUT2D eigenvalue weighted by atomic mass is 16.3. The zero-order valence-electron chi connectivity index (χ0n) is 6.46. The van der Waals surface area contributed by atoms with E-state index >= 15 is 0 Å². The summed E-state index contributed by atoms with van der Waals surface area (Å²) in [6.45, 7) is 6.13. The Morgan fingerprint density at radius 2 is 2.00 bits per heavy atom. The molecule has 54 valence electrons. The molecule has 0 saturated heterocycles. The Hall–Kier alpha value is -0.300. The van der Waals surface area contributed by atoms with Crippen molar-refractivity contribution < 1.29 is 5.11 Å². The van der Waals surface area contributed by atoms with E-state index in [1.54, 1.807) is 0 Å². The summed E-state index contributed by atoms with van der Waals surface area (Å²) < 4.78 is 0. The number of aliphatic hydroxyl groups is 1. The summed E-state index contributed by atoms with van der Waals surface area (Å²) >= 11 is 0. The van der Waals surface area contributed by atoms with Gasteiger partial charge in [0.15, 0.2) is 0 Å². The van der Waals surface area contributed by atoms with Crippen LogP contribution < -0.4 is 0 Å². The van der Waals surface area contributed by atoms with E-state index in [1.165, 1.54) is 0 Å². The van der Waals surface area contributed by atoms with Crippen LogP contribution in [0, 0.1) is 5.92 Å². The van der Waals surface area contributed by atoms with Crippen molar-refractivity contribution in [3.63, 3.8) is 0 Å². The first kappa shape index (κ1) is 8.70. The van der Waals surface area contributed by atoms with E-state index < -0.39 is 0 Å². The molecular weight excluding hydrogens is 112 g/mol. The summed E-state index contributed by atoms with van der Waals surface area (Å²) in [5.74, 6) is 0.580. The van der Waals surface area contributed by atoms with Gasteiger partial charge in [-0.1, -0.05) is 26.0 Å². The fourth-order valence-corrected chi connectivity index (χ4v) is 0.784. The predicted molar refractivity (Wildman–Crippen MR) is 40.3 cm³/mol. The first-order valence-electron chi connectivity index (χ1n) is 3.47. The van der Waals surface area contributed by atoms with Gasteiger partial charge in [0.1, 0.15) is 0 Å². The van der Waals surface area contributed by atoms with E-state index in [4.69, 9.17) is 5.11 Å². The van der Waals surface area contributed by atoms with Gasteiger partial charge in [0.2, 0.25) is 0 Å². The standard InChI is InChI=1S/C8H16O/c1-4-5-8(9)6-7(2)3/h4-5,7-9H,6H2,1-3H3/b5-4-. The van der Waals surface area contributed by atoms with E-state index in [2.05, 4.69) is 13.8 Å². The summed E-state index contributed by atoms with van der Waals surface area (Å²) in [7, 11) is 0. The summed E-state index contributed by atoms with van der Waals surface area (Å²) in [5.41, 5.74) is 0. The molecule has 0 amide bonds. The number of hydrogen-bond donors (Lipinski definition) is 1. The van der Waals surface area contributed by atoms with Gasteiger partial charge < -0.3 is 5.11 Å². The lowest BCUT2D eigenvalue weighted by Crippen LogP contribution is -2.05. The fourth-order valence-electron chi connectivity index (χ4n) is 0.784. The molecule has 0 heterocycles. The van der Waals surface area contributed by atoms with Gasteiger partial charge in [-0.3, -0.25) is 0 Å². The van der Waals surface area contributed by atoms with Gasteiger partial charge in [-0.25, -0.2) is 0 Å². The third kappa shape index (κ3) is 5.57. The second kappa shape index (κ2) is 4.57. The molecule has 0 aromatic rings. The fraction of sp³-hybridized carbons (Fsp3) is 0.750. The molecule has 1 atom stereocenters. The molecule has 1 nitrogen and oxygen atoms in total. The Labute approximate surface area is 57.4 Å². The lowest BCUT2D eigenvalue weighted by atomic mass is 10.1. The molecule has 0 radical (unpaired) electrons. The minimum absolute atomic E-state index is 0.241. The molecule has 0 bridgehead atoms. The van der Waals surface area contributed by atoms with Crippen molar-refractivity contribution in [2.45, 2.75) is 33.3 Å². The molecule has 0 aliphatic heterocycles. The van der Waals surface area contributed by atoms with Gasteiger partial charge in [-0.2, -0.15) is 0 Å². The third-order valence-electron chi connectivity index (χ3n) is 1.13. The number of rotatable bonds is 3. The van der Waals surface area contributed by atoms with Crippen LogP contribution in [0.2, 0.25) is 0 Å². The normalized spacial score (nSPS) is 15.2. The average molecular weight is 128 g/mol. The van der Waals surface area contributed by atoms with Crippen molar-refractivity contribution in [2.75, 3.05) is 0 Å². The molecule has 0 aromatic heterocycles. The van der Waals surface area contributed by atoms with Gasteiger partial charge in [0.05, 0.1) is 6.10 Å². The first-order chi connectivity index (χ1) is 4.16. The van der Waals surface area contributed by atoms with Crippen LogP contribution in [-0.4, -0.2) is 11.2 Å². The SMILES string of the molecule is C/C=C\C(O)CC(C)C. The molecule has 0 saturated carbocycles. The number of allylic oxidation sites excluding steroid dienone is 1. The van der Waals surface area contributed by atoms with Crippen LogP contribution in [0.1, 0.15) is 27.2 Å². The maximum absolute atomic E-state index is 9.13. The highest BCUT2D eigenvalue weighted by Crippen LogP contribution is 2.04. The van der Waals surface area contributed by atoms with Gasteiger partial charge >= 0.3 is 0 Å². The van der Waals surface area contributed by atoms with Crippen LogP contribution in [0.3, 0.4) is 0 Å². The van der Waals surface area contributed by atoms with Crippen molar-refractivity contribution in [1.82, 2.24) is 0 Å². The van der Waals surface area contributed by atoms with Crippen LogP contribution in [0.25, 0.3) is 0 Å².